The van der Waals surface area contributed by atoms with E-state index in [1.807, 2.05) is 0 Å². The van der Waals surface area contributed by atoms with E-state index in [2.05, 4.69) is 42.7 Å². The zero-order valence-corrected chi connectivity index (χ0v) is 33.3. The van der Waals surface area contributed by atoms with Gasteiger partial charge in [-0.05, 0) is 44.9 Å². The number of esters is 2. The van der Waals surface area contributed by atoms with Gasteiger partial charge >= 0.3 is 41.5 Å². The van der Waals surface area contributed by atoms with Gasteiger partial charge in [-0.3, -0.25) is 14.2 Å². The molecule has 0 bridgehead atoms. The molecule has 0 aliphatic carbocycles. The van der Waals surface area contributed by atoms with Crippen LogP contribution in [0.3, 0.4) is 0 Å². The van der Waals surface area contributed by atoms with Crippen molar-refractivity contribution in [1.29, 1.82) is 0 Å². The van der Waals surface area contributed by atoms with Gasteiger partial charge in [0.15, 0.2) is 6.10 Å². The van der Waals surface area contributed by atoms with Crippen molar-refractivity contribution >= 4 is 19.8 Å². The summed E-state index contributed by atoms with van der Waals surface area (Å²) in [6.45, 7) is 3.54. The Morgan fingerprint density at radius 3 is 1.51 bits per heavy atom. The summed E-state index contributed by atoms with van der Waals surface area (Å²) in [5.41, 5.74) is 0. The molecule has 0 fully saturated rings. The molecule has 0 spiro atoms. The third-order valence-electron chi connectivity index (χ3n) is 7.97. The monoisotopic (exact) mass is 694 g/mol. The van der Waals surface area contributed by atoms with Gasteiger partial charge in [-0.15, -0.1) is 0 Å². The Balaban J connectivity index is 0. The molecule has 2 unspecified atom stereocenters. The Morgan fingerprint density at radius 1 is 0.617 bits per heavy atom. The molecule has 270 valence electrons. The van der Waals surface area contributed by atoms with E-state index in [-0.39, 0.29) is 49.0 Å². The van der Waals surface area contributed by atoms with Crippen molar-refractivity contribution < 1.29 is 67.5 Å². The van der Waals surface area contributed by atoms with E-state index in [1.54, 1.807) is 0 Å². The summed E-state index contributed by atoms with van der Waals surface area (Å²) in [5, 5.41) is 0. The minimum absolute atomic E-state index is 0. The van der Waals surface area contributed by atoms with Crippen molar-refractivity contribution in [3.63, 3.8) is 0 Å². The number of phosphoric ester groups is 1. The van der Waals surface area contributed by atoms with E-state index in [1.165, 1.54) is 89.9 Å². The van der Waals surface area contributed by atoms with Crippen molar-refractivity contribution in [3.05, 3.63) is 24.3 Å². The van der Waals surface area contributed by atoms with Gasteiger partial charge in [0.05, 0.1) is 6.61 Å². The predicted octanol–water partition coefficient (Wildman–Crippen LogP) is 7.22. The van der Waals surface area contributed by atoms with E-state index in [4.69, 9.17) is 14.4 Å². The summed E-state index contributed by atoms with van der Waals surface area (Å²) in [4.78, 5) is 44.5. The van der Waals surface area contributed by atoms with Gasteiger partial charge < -0.3 is 23.8 Å². The van der Waals surface area contributed by atoms with E-state index < -0.39 is 32.5 Å². The zero-order chi connectivity index (χ0) is 34.0. The van der Waals surface area contributed by atoms with E-state index in [0.29, 0.717) is 6.42 Å². The van der Waals surface area contributed by atoms with Crippen molar-refractivity contribution in [3.8, 4) is 0 Å². The molecule has 0 aromatic heterocycles. The number of rotatable bonds is 34. The summed E-state index contributed by atoms with van der Waals surface area (Å²) < 4.78 is 26.0. The largest absolute Gasteiger partial charge is 1.00 e. The predicted molar refractivity (Wildman–Crippen MR) is 186 cm³/mol. The molecular weight excluding hydrogens is 626 g/mol. The number of ether oxygens (including phenoxy) is 2. The van der Waals surface area contributed by atoms with Crippen molar-refractivity contribution in [2.75, 3.05) is 13.2 Å². The molecule has 0 aliphatic rings. The fourth-order valence-electron chi connectivity index (χ4n) is 5.16. The smallest absolute Gasteiger partial charge is 0.756 e. The van der Waals surface area contributed by atoms with Crippen molar-refractivity contribution in [2.24, 2.45) is 0 Å². The number of allylic oxidation sites excluding steroid dienone is 4. The third-order valence-corrected chi connectivity index (χ3v) is 8.44. The van der Waals surface area contributed by atoms with Gasteiger partial charge in [0.2, 0.25) is 0 Å². The first-order valence-electron chi connectivity index (χ1n) is 18.6. The number of carbonyl (C=O) groups is 2. The quantitative estimate of drug-likeness (QED) is 0.0247. The van der Waals surface area contributed by atoms with Gasteiger partial charge in [-0.1, -0.05) is 147 Å². The Bertz CT molecular complexity index is 814. The van der Waals surface area contributed by atoms with Crippen LogP contribution in [0.5, 0.6) is 0 Å². The maximum Gasteiger partial charge on any atom is 1.00 e. The summed E-state index contributed by atoms with van der Waals surface area (Å²) in [6, 6.07) is 0. The summed E-state index contributed by atoms with van der Waals surface area (Å²) in [6.07, 6.45) is 35.9. The van der Waals surface area contributed by atoms with Gasteiger partial charge in [-0.25, -0.2) is 0 Å². The van der Waals surface area contributed by atoms with Crippen LogP contribution in [-0.2, 0) is 28.2 Å². The Morgan fingerprint density at radius 2 is 1.02 bits per heavy atom. The standard InChI is InChI=1S/C37H69O8P.Na/c1-3-5-7-9-11-13-15-17-18-20-22-24-26-28-30-32-37(39)45-35(34-44-46(40,41)42)33-43-36(38)31-29-27-25-23-21-19-16-14-12-10-8-6-4-2;/h11,13,17-18,35H,3-10,12,14-16,19-34H2,1-2H3,(H2,40,41,42);/q;+1/p-1/b13-11-,18-17-;. The molecule has 0 saturated heterocycles. The second-order valence-electron chi connectivity index (χ2n) is 12.5. The van der Waals surface area contributed by atoms with Crippen LogP contribution in [0.15, 0.2) is 24.3 Å². The Hall–Kier alpha value is -0.470. The molecule has 1 N–H and O–H groups in total. The summed E-state index contributed by atoms with van der Waals surface area (Å²) in [7, 11) is -5.00. The molecule has 2 atom stereocenters. The number of carbonyl (C=O) groups excluding carboxylic acids is 2. The third kappa shape index (κ3) is 39.8. The maximum atomic E-state index is 12.3. The molecule has 0 saturated carbocycles. The maximum absolute atomic E-state index is 12.3. The number of hydrogen-bond acceptors (Lipinski definition) is 7. The average molecular weight is 695 g/mol. The minimum Gasteiger partial charge on any atom is -0.756 e. The number of unbranched alkanes of at least 4 members (excludes halogenated alkanes) is 20. The Kier molecular flexibility index (Phi) is 38.1. The van der Waals surface area contributed by atoms with Crippen LogP contribution in [-0.4, -0.2) is 36.1 Å². The van der Waals surface area contributed by atoms with Crippen LogP contribution in [0.25, 0.3) is 0 Å². The summed E-state index contributed by atoms with van der Waals surface area (Å²) >= 11 is 0. The normalized spacial score (nSPS) is 13.4. The van der Waals surface area contributed by atoms with Gasteiger partial charge in [-0.2, -0.15) is 0 Å². The van der Waals surface area contributed by atoms with E-state index in [9.17, 15) is 19.0 Å². The SMILES string of the molecule is CCCCC/C=C\C/C=C\CCCCCCCC(=O)OC(COC(=O)CCCCCCCCCCCCCCC)COP(=O)([O-])O.[Na+]. The molecular formula is C37H68NaO8P. The van der Waals surface area contributed by atoms with Crippen LogP contribution in [0.1, 0.15) is 181 Å². The molecule has 0 rings (SSSR count). The van der Waals surface area contributed by atoms with Gasteiger partial charge in [0.25, 0.3) is 7.82 Å². The van der Waals surface area contributed by atoms with Gasteiger partial charge in [0.1, 0.15) is 6.61 Å². The molecule has 0 aliphatic heterocycles. The first-order chi connectivity index (χ1) is 22.3. The second-order valence-corrected chi connectivity index (χ2v) is 13.7. The molecule has 0 radical (unpaired) electrons. The van der Waals surface area contributed by atoms with Gasteiger partial charge in [0, 0.05) is 12.8 Å². The number of hydrogen-bond donors (Lipinski definition) is 1. The topological polar surface area (TPSA) is 122 Å². The molecule has 8 nitrogen and oxygen atoms in total. The van der Waals surface area contributed by atoms with Crippen molar-refractivity contribution in [1.82, 2.24) is 0 Å². The van der Waals surface area contributed by atoms with Crippen LogP contribution in [0.4, 0.5) is 0 Å². The molecule has 0 heterocycles. The van der Waals surface area contributed by atoms with E-state index >= 15 is 0 Å². The molecule has 0 aromatic carbocycles. The summed E-state index contributed by atoms with van der Waals surface area (Å²) in [5.74, 6) is -0.933. The molecule has 10 heteroatoms. The van der Waals surface area contributed by atoms with Crippen LogP contribution < -0.4 is 34.5 Å². The fraction of sp³-hybridized carbons (Fsp3) is 0.838. The number of phosphoric acid groups is 1. The average Bonchev–Trinajstić information content (AvgIpc) is 3.02. The van der Waals surface area contributed by atoms with Crippen molar-refractivity contribution in [2.45, 2.75) is 187 Å². The molecule has 0 amide bonds. The van der Waals surface area contributed by atoms with Crippen LogP contribution in [0.2, 0.25) is 0 Å². The zero-order valence-electron chi connectivity index (χ0n) is 30.4. The van der Waals surface area contributed by atoms with Crippen LogP contribution in [0, 0.1) is 0 Å². The minimum atomic E-state index is -5.00. The first kappa shape index (κ1) is 48.6. The second kappa shape index (κ2) is 36.8. The molecule has 47 heavy (non-hydrogen) atoms. The fourth-order valence-corrected chi connectivity index (χ4v) is 5.52. The van der Waals surface area contributed by atoms with Crippen LogP contribution >= 0.6 is 7.82 Å². The first-order valence-corrected chi connectivity index (χ1v) is 20.1. The molecule has 0 aromatic rings. The van der Waals surface area contributed by atoms with E-state index in [0.717, 1.165) is 57.8 Å². The Labute approximate surface area is 310 Å².